The number of nitrogens with one attached hydrogen (secondary N) is 1. The molecule has 1 atom stereocenters. The number of ether oxygens (including phenoxy) is 1. The fraction of sp³-hybridized carbons (Fsp3) is 0.172. The zero-order valence-electron chi connectivity index (χ0n) is 22.6. The summed E-state index contributed by atoms with van der Waals surface area (Å²) in [6.45, 7) is -0.677. The first-order chi connectivity index (χ1) is 21.2. The Hall–Kier alpha value is -5.19. The van der Waals surface area contributed by atoms with Gasteiger partial charge in [-0.2, -0.15) is 26.3 Å². The number of halogens is 9. The predicted molar refractivity (Wildman–Crippen MR) is 139 cm³/mol. The average molecular weight is 663 g/mol. The molecule has 0 aliphatic heterocycles. The molecule has 3 rings (SSSR count). The molecule has 0 aliphatic carbocycles. The van der Waals surface area contributed by atoms with E-state index in [2.05, 4.69) is 10.1 Å². The second-order valence-corrected chi connectivity index (χ2v) is 9.26. The second kappa shape index (κ2) is 13.4. The van der Waals surface area contributed by atoms with Crippen molar-refractivity contribution in [2.45, 2.75) is 24.8 Å². The molecule has 0 heterocycles. The summed E-state index contributed by atoms with van der Waals surface area (Å²) in [5, 5.41) is 20.1. The molecule has 8 nitrogen and oxygen atoms in total. The lowest BCUT2D eigenvalue weighted by Gasteiger charge is -2.14. The van der Waals surface area contributed by atoms with Crippen molar-refractivity contribution in [1.29, 1.82) is 0 Å². The van der Waals surface area contributed by atoms with Crippen LogP contribution in [-0.2, 0) is 17.1 Å². The summed E-state index contributed by atoms with van der Waals surface area (Å²) in [5.41, 5.74) is -6.14. The number of aliphatic hydroxyl groups is 1. The highest BCUT2D eigenvalue weighted by Gasteiger charge is 2.37. The van der Waals surface area contributed by atoms with Crippen LogP contribution in [0.15, 0.2) is 72.8 Å². The van der Waals surface area contributed by atoms with E-state index < -0.39 is 82.8 Å². The van der Waals surface area contributed by atoms with Crippen LogP contribution in [0.4, 0.5) is 39.5 Å². The lowest BCUT2D eigenvalue weighted by molar-refractivity contribution is -0.274. The van der Waals surface area contributed by atoms with Gasteiger partial charge in [0.15, 0.2) is 17.7 Å². The van der Waals surface area contributed by atoms with Crippen molar-refractivity contribution in [3.05, 3.63) is 106 Å². The number of carboxylic acid groups (broad SMARTS) is 1. The Morgan fingerprint density at radius 1 is 0.717 bits per heavy atom. The Kier molecular flexibility index (Phi) is 10.3. The molecule has 1 unspecified atom stereocenters. The van der Waals surface area contributed by atoms with Gasteiger partial charge in [-0.25, -0.2) is 4.79 Å². The summed E-state index contributed by atoms with van der Waals surface area (Å²) in [4.78, 5) is 49.4. The summed E-state index contributed by atoms with van der Waals surface area (Å²) < 4.78 is 122. The maximum atomic E-state index is 13.5. The second-order valence-electron chi connectivity index (χ2n) is 9.26. The van der Waals surface area contributed by atoms with Crippen LogP contribution in [0.5, 0.6) is 5.75 Å². The third-order valence-electron chi connectivity index (χ3n) is 5.94. The summed E-state index contributed by atoms with van der Waals surface area (Å²) in [6, 6.07) is 7.42. The maximum absolute atomic E-state index is 13.5. The predicted octanol–water partition coefficient (Wildman–Crippen LogP) is 5.95. The number of allylic oxidation sites excluding steroid dienone is 2. The number of hydrogen-bond acceptors (Lipinski definition) is 6. The van der Waals surface area contributed by atoms with Crippen LogP contribution in [0.2, 0.25) is 0 Å². The molecule has 0 bridgehead atoms. The number of ketones is 2. The van der Waals surface area contributed by atoms with Gasteiger partial charge in [0.25, 0.3) is 5.91 Å². The third-order valence-corrected chi connectivity index (χ3v) is 5.94. The molecule has 3 aromatic carbocycles. The van der Waals surface area contributed by atoms with Gasteiger partial charge in [-0.05, 0) is 54.1 Å². The quantitative estimate of drug-likeness (QED) is 0.139. The summed E-state index contributed by atoms with van der Waals surface area (Å²) in [5.74, 6) is -5.84. The zero-order chi connectivity index (χ0) is 34.6. The zero-order valence-corrected chi connectivity index (χ0v) is 22.6. The fourth-order valence-corrected chi connectivity index (χ4v) is 3.73. The van der Waals surface area contributed by atoms with E-state index >= 15 is 0 Å². The van der Waals surface area contributed by atoms with Crippen LogP contribution in [0, 0.1) is 0 Å². The highest BCUT2D eigenvalue weighted by atomic mass is 19.4. The standard InChI is InChI=1S/C29H18F9NO7/c30-27(31,32)18-9-17(10-19(11-18)28(33,34)35)22(40)12-21(14-5-7-20(8-6-14)46-29(36,37)38)24(42)15-1-3-16(4-2-15)25(43)39-13-23(41)26(44)45/h1-12,23,41H,13H2,(H,39,43)(H,44,45)/b21-12+. The molecule has 0 fully saturated rings. The van der Waals surface area contributed by atoms with Crippen LogP contribution >= 0.6 is 0 Å². The van der Waals surface area contributed by atoms with Gasteiger partial charge in [0, 0.05) is 22.3 Å². The van der Waals surface area contributed by atoms with Gasteiger partial charge in [0.1, 0.15) is 5.75 Å². The number of carboxylic acids is 1. The minimum atomic E-state index is -5.30. The molecule has 0 radical (unpaired) electrons. The van der Waals surface area contributed by atoms with E-state index in [0.29, 0.717) is 6.08 Å². The average Bonchev–Trinajstić information content (AvgIpc) is 2.96. The van der Waals surface area contributed by atoms with Crippen molar-refractivity contribution < 1.29 is 73.6 Å². The number of aliphatic hydroxyl groups excluding tert-OH is 1. The summed E-state index contributed by atoms with van der Waals surface area (Å²) in [6.07, 6.45) is -17.2. The minimum Gasteiger partial charge on any atom is -0.479 e. The van der Waals surface area contributed by atoms with E-state index in [9.17, 15) is 63.8 Å². The number of carbonyl (C=O) groups is 4. The highest BCUT2D eigenvalue weighted by Crippen LogP contribution is 2.37. The van der Waals surface area contributed by atoms with E-state index in [1.165, 1.54) is 0 Å². The first-order valence-corrected chi connectivity index (χ1v) is 12.4. The Balaban J connectivity index is 2.06. The highest BCUT2D eigenvalue weighted by molar-refractivity contribution is 6.32. The smallest absolute Gasteiger partial charge is 0.479 e. The number of amides is 1. The molecule has 244 valence electrons. The lowest BCUT2D eigenvalue weighted by Crippen LogP contribution is -2.36. The topological polar surface area (TPSA) is 130 Å². The molecule has 46 heavy (non-hydrogen) atoms. The molecule has 17 heteroatoms. The first-order valence-electron chi connectivity index (χ1n) is 12.4. The number of benzene rings is 3. The van der Waals surface area contributed by atoms with Crippen molar-refractivity contribution in [3.63, 3.8) is 0 Å². The van der Waals surface area contributed by atoms with Crippen LogP contribution < -0.4 is 10.1 Å². The molecule has 0 saturated heterocycles. The van der Waals surface area contributed by atoms with E-state index in [0.717, 1.165) is 48.5 Å². The summed E-state index contributed by atoms with van der Waals surface area (Å²) in [7, 11) is 0. The summed E-state index contributed by atoms with van der Waals surface area (Å²) >= 11 is 0. The normalized spacial score (nSPS) is 13.1. The van der Waals surface area contributed by atoms with Gasteiger partial charge >= 0.3 is 24.7 Å². The Bertz CT molecular complexity index is 1630. The number of carbonyl (C=O) groups excluding carboxylic acids is 3. The van der Waals surface area contributed by atoms with Crippen LogP contribution in [0.1, 0.15) is 47.8 Å². The van der Waals surface area contributed by atoms with Gasteiger partial charge in [-0.15, -0.1) is 13.2 Å². The molecule has 1 amide bonds. The molecule has 0 spiro atoms. The van der Waals surface area contributed by atoms with E-state index in [1.807, 2.05) is 0 Å². The number of rotatable bonds is 10. The Morgan fingerprint density at radius 3 is 1.65 bits per heavy atom. The molecule has 0 aromatic heterocycles. The number of alkyl halides is 9. The van der Waals surface area contributed by atoms with Gasteiger partial charge in [-0.3, -0.25) is 14.4 Å². The van der Waals surface area contributed by atoms with Crippen molar-refractivity contribution in [3.8, 4) is 5.75 Å². The van der Waals surface area contributed by atoms with E-state index in [4.69, 9.17) is 5.11 Å². The fourth-order valence-electron chi connectivity index (χ4n) is 3.73. The Labute approximate surface area is 251 Å². The molecular weight excluding hydrogens is 645 g/mol. The number of hydrogen-bond donors (Lipinski definition) is 3. The van der Waals surface area contributed by atoms with Gasteiger partial charge in [-0.1, -0.05) is 24.3 Å². The van der Waals surface area contributed by atoms with Crippen LogP contribution in [0.3, 0.4) is 0 Å². The first kappa shape index (κ1) is 35.3. The molecule has 0 aliphatic rings. The van der Waals surface area contributed by atoms with Gasteiger partial charge < -0.3 is 20.3 Å². The molecule has 0 saturated carbocycles. The molecule has 3 aromatic rings. The van der Waals surface area contributed by atoms with Crippen LogP contribution in [0.25, 0.3) is 5.57 Å². The largest absolute Gasteiger partial charge is 0.573 e. The Morgan fingerprint density at radius 2 is 1.20 bits per heavy atom. The number of Topliss-reactive ketones (excluding diaryl/α,β-unsaturated/α-hetero) is 1. The van der Waals surface area contributed by atoms with Crippen molar-refractivity contribution in [1.82, 2.24) is 5.32 Å². The van der Waals surface area contributed by atoms with Crippen LogP contribution in [-0.4, -0.2) is 52.7 Å². The third kappa shape index (κ3) is 9.40. The van der Waals surface area contributed by atoms with E-state index in [1.54, 1.807) is 0 Å². The van der Waals surface area contributed by atoms with Crippen molar-refractivity contribution in [2.75, 3.05) is 6.54 Å². The minimum absolute atomic E-state index is 0.130. The monoisotopic (exact) mass is 663 g/mol. The van der Waals surface area contributed by atoms with Gasteiger partial charge in [0.2, 0.25) is 0 Å². The maximum Gasteiger partial charge on any atom is 0.573 e. The van der Waals surface area contributed by atoms with Crippen molar-refractivity contribution >= 4 is 29.0 Å². The van der Waals surface area contributed by atoms with E-state index in [-0.39, 0.29) is 34.9 Å². The lowest BCUT2D eigenvalue weighted by atomic mass is 9.93. The van der Waals surface area contributed by atoms with Gasteiger partial charge in [0.05, 0.1) is 17.7 Å². The SMILES string of the molecule is O=C(/C=C(/C(=O)c1ccc(C(=O)NCC(O)C(=O)O)cc1)c1ccc(OC(F)(F)F)cc1)c1cc(C(F)(F)F)cc(C(F)(F)F)c1. The molecule has 3 N–H and O–H groups in total. The van der Waals surface area contributed by atoms with Crippen molar-refractivity contribution in [2.24, 2.45) is 0 Å². The molecular formula is C29H18F9NO7. The number of aliphatic carboxylic acids is 1.